The number of hydrogen-bond acceptors (Lipinski definition) is 4. The molecule has 0 N–H and O–H groups in total. The Balaban J connectivity index is 1.60. The second-order valence-corrected chi connectivity index (χ2v) is 8.53. The zero-order valence-electron chi connectivity index (χ0n) is 17.2. The summed E-state index contributed by atoms with van der Waals surface area (Å²) in [4.78, 5) is 23.9. The topological polar surface area (TPSA) is 51.0 Å². The second kappa shape index (κ2) is 9.90. The van der Waals surface area contributed by atoms with Gasteiger partial charge in [-0.15, -0.1) is 0 Å². The van der Waals surface area contributed by atoms with Crippen LogP contribution in [0.15, 0.2) is 67.3 Å². The first-order valence-corrected chi connectivity index (χ1v) is 11.4. The van der Waals surface area contributed by atoms with Crippen LogP contribution in [0.2, 0.25) is 5.02 Å². The van der Waals surface area contributed by atoms with Gasteiger partial charge in [0.15, 0.2) is 5.13 Å². The van der Waals surface area contributed by atoms with Crippen LogP contribution in [-0.4, -0.2) is 27.0 Å². The molecule has 1 amide bonds. The van der Waals surface area contributed by atoms with E-state index in [1.54, 1.807) is 40.9 Å². The highest BCUT2D eigenvalue weighted by atomic mass is 35.5. The smallest absolute Gasteiger partial charge is 0.252 e. The summed E-state index contributed by atoms with van der Waals surface area (Å²) in [6.45, 7) is 3.46. The predicted molar refractivity (Wildman–Crippen MR) is 129 cm³/mol. The van der Waals surface area contributed by atoms with Crippen molar-refractivity contribution in [3.05, 3.63) is 83.4 Å². The van der Waals surface area contributed by atoms with Gasteiger partial charge in [0.2, 0.25) is 0 Å². The van der Waals surface area contributed by atoms with Crippen molar-refractivity contribution >= 4 is 50.3 Å². The van der Waals surface area contributed by atoms with Crippen LogP contribution in [0.4, 0.5) is 5.13 Å². The number of benzene rings is 2. The number of carbonyl (C=O) groups is 1. The lowest BCUT2D eigenvalue weighted by molar-refractivity contribution is -0.114. The molecular weight excluding hydrogens is 428 g/mol. The van der Waals surface area contributed by atoms with Crippen molar-refractivity contribution in [2.24, 2.45) is 0 Å². The Morgan fingerprint density at radius 1 is 1.23 bits per heavy atom. The van der Waals surface area contributed by atoms with Crippen LogP contribution in [0.3, 0.4) is 0 Å². The fraction of sp³-hybridized carbons (Fsp3) is 0.208. The number of amides is 1. The Bertz CT molecular complexity index is 1200. The van der Waals surface area contributed by atoms with Crippen molar-refractivity contribution in [1.29, 1.82) is 0 Å². The Hall–Kier alpha value is -2.96. The molecule has 31 heavy (non-hydrogen) atoms. The number of hydrogen-bond donors (Lipinski definition) is 0. The molecule has 0 radical (unpaired) electrons. The number of imidazole rings is 1. The summed E-state index contributed by atoms with van der Waals surface area (Å²) in [5, 5.41) is 1.33. The largest absolute Gasteiger partial charge is 0.337 e. The average molecular weight is 451 g/mol. The van der Waals surface area contributed by atoms with Gasteiger partial charge < -0.3 is 4.57 Å². The maximum Gasteiger partial charge on any atom is 0.252 e. The van der Waals surface area contributed by atoms with Crippen molar-refractivity contribution in [3.8, 4) is 0 Å². The number of halogens is 1. The molecule has 0 saturated carbocycles. The molecule has 158 valence electrons. The van der Waals surface area contributed by atoms with Crippen LogP contribution in [0.25, 0.3) is 16.3 Å². The first-order chi connectivity index (χ1) is 15.2. The third kappa shape index (κ3) is 5.03. The zero-order valence-corrected chi connectivity index (χ0v) is 18.8. The van der Waals surface area contributed by atoms with E-state index >= 15 is 0 Å². The number of aryl methyl sites for hydroxylation is 2. The summed E-state index contributed by atoms with van der Waals surface area (Å²) in [7, 11) is 0. The normalized spacial score (nSPS) is 11.4. The SMILES string of the molecule is CCc1cccc2sc(N(CCCn3ccnc3)C(=O)/C=C/c3ccccc3Cl)nc12. The number of anilines is 1. The van der Waals surface area contributed by atoms with E-state index in [-0.39, 0.29) is 5.91 Å². The first kappa shape index (κ1) is 21.3. The van der Waals surface area contributed by atoms with Gasteiger partial charge in [-0.05, 0) is 42.2 Å². The molecule has 0 spiro atoms. The van der Waals surface area contributed by atoms with Gasteiger partial charge in [-0.25, -0.2) is 9.97 Å². The molecule has 0 saturated heterocycles. The van der Waals surface area contributed by atoms with E-state index < -0.39 is 0 Å². The first-order valence-electron chi connectivity index (χ1n) is 10.2. The van der Waals surface area contributed by atoms with Crippen molar-refractivity contribution in [3.63, 3.8) is 0 Å². The maximum absolute atomic E-state index is 13.2. The van der Waals surface area contributed by atoms with E-state index in [9.17, 15) is 4.79 Å². The van der Waals surface area contributed by atoms with Gasteiger partial charge in [-0.1, -0.05) is 60.2 Å². The molecule has 4 rings (SSSR count). The quantitative estimate of drug-likeness (QED) is 0.316. The van der Waals surface area contributed by atoms with E-state index in [1.165, 1.54) is 5.56 Å². The lowest BCUT2D eigenvalue weighted by Gasteiger charge is -2.18. The Morgan fingerprint density at radius 3 is 2.87 bits per heavy atom. The molecule has 0 fully saturated rings. The van der Waals surface area contributed by atoms with Crippen molar-refractivity contribution in [1.82, 2.24) is 14.5 Å². The number of para-hydroxylation sites is 1. The summed E-state index contributed by atoms with van der Waals surface area (Å²) in [5.74, 6) is -0.109. The monoisotopic (exact) mass is 450 g/mol. The molecule has 2 aromatic heterocycles. The van der Waals surface area contributed by atoms with Crippen LogP contribution in [0, 0.1) is 0 Å². The average Bonchev–Trinajstić information content (AvgIpc) is 3.45. The molecule has 7 heteroatoms. The van der Waals surface area contributed by atoms with E-state index in [1.807, 2.05) is 41.1 Å². The standard InChI is InChI=1S/C24H23ClN4OS/c1-2-18-8-5-10-21-23(18)27-24(31-21)29(15-6-14-28-16-13-26-17-28)22(30)12-11-19-7-3-4-9-20(19)25/h3-5,7-13,16-17H,2,6,14-15H2,1H3/b12-11+. The molecule has 2 aromatic carbocycles. The number of fused-ring (bicyclic) bond motifs is 1. The Kier molecular flexibility index (Phi) is 6.79. The van der Waals surface area contributed by atoms with E-state index in [4.69, 9.17) is 16.6 Å². The predicted octanol–water partition coefficient (Wildman–Crippen LogP) is 5.85. The Labute approximate surface area is 190 Å². The molecule has 0 aliphatic rings. The van der Waals surface area contributed by atoms with Crippen LogP contribution >= 0.6 is 22.9 Å². The second-order valence-electron chi connectivity index (χ2n) is 7.11. The number of carbonyl (C=O) groups excluding carboxylic acids is 1. The zero-order chi connectivity index (χ0) is 21.6. The molecule has 0 bridgehead atoms. The highest BCUT2D eigenvalue weighted by Crippen LogP contribution is 2.31. The molecular formula is C24H23ClN4OS. The third-order valence-electron chi connectivity index (χ3n) is 5.04. The van der Waals surface area contributed by atoms with Crippen molar-refractivity contribution in [2.45, 2.75) is 26.3 Å². The highest BCUT2D eigenvalue weighted by molar-refractivity contribution is 7.22. The summed E-state index contributed by atoms with van der Waals surface area (Å²) < 4.78 is 3.10. The number of nitrogens with zero attached hydrogens (tertiary/aromatic N) is 4. The molecule has 4 aromatic rings. The molecule has 0 aliphatic carbocycles. The number of thiazole rings is 1. The van der Waals surface area contributed by atoms with Gasteiger partial charge in [0, 0.05) is 36.6 Å². The molecule has 5 nitrogen and oxygen atoms in total. The van der Waals surface area contributed by atoms with E-state index in [0.29, 0.717) is 11.6 Å². The lowest BCUT2D eigenvalue weighted by atomic mass is 10.1. The van der Waals surface area contributed by atoms with Gasteiger partial charge in [0.05, 0.1) is 16.5 Å². The maximum atomic E-state index is 13.2. The van der Waals surface area contributed by atoms with Gasteiger partial charge in [0.25, 0.3) is 5.91 Å². The fourth-order valence-electron chi connectivity index (χ4n) is 3.39. The highest BCUT2D eigenvalue weighted by Gasteiger charge is 2.18. The minimum absolute atomic E-state index is 0.109. The van der Waals surface area contributed by atoms with E-state index in [2.05, 4.69) is 24.0 Å². The van der Waals surface area contributed by atoms with Gasteiger partial charge in [-0.2, -0.15) is 0 Å². The fourth-order valence-corrected chi connectivity index (χ4v) is 4.63. The number of rotatable bonds is 8. The van der Waals surface area contributed by atoms with Crippen LogP contribution < -0.4 is 4.90 Å². The minimum Gasteiger partial charge on any atom is -0.337 e. The van der Waals surface area contributed by atoms with Crippen LogP contribution in [0.5, 0.6) is 0 Å². The van der Waals surface area contributed by atoms with Crippen molar-refractivity contribution < 1.29 is 4.79 Å². The summed E-state index contributed by atoms with van der Waals surface area (Å²) in [6, 6.07) is 13.7. The van der Waals surface area contributed by atoms with Gasteiger partial charge in [0.1, 0.15) is 0 Å². The lowest BCUT2D eigenvalue weighted by Crippen LogP contribution is -2.30. The van der Waals surface area contributed by atoms with Crippen molar-refractivity contribution in [2.75, 3.05) is 11.4 Å². The minimum atomic E-state index is -0.109. The summed E-state index contributed by atoms with van der Waals surface area (Å²) in [5.41, 5.74) is 2.98. The Morgan fingerprint density at radius 2 is 2.10 bits per heavy atom. The molecule has 0 unspecified atom stereocenters. The van der Waals surface area contributed by atoms with E-state index in [0.717, 1.165) is 40.3 Å². The molecule has 0 atom stereocenters. The summed E-state index contributed by atoms with van der Waals surface area (Å²) >= 11 is 7.79. The van der Waals surface area contributed by atoms with Crippen LogP contribution in [0.1, 0.15) is 24.5 Å². The van der Waals surface area contributed by atoms with Gasteiger partial charge in [-0.3, -0.25) is 9.69 Å². The molecule has 0 aliphatic heterocycles. The number of aromatic nitrogens is 3. The third-order valence-corrected chi connectivity index (χ3v) is 6.42. The summed E-state index contributed by atoms with van der Waals surface area (Å²) in [6.07, 6.45) is 10.5. The van der Waals surface area contributed by atoms with Gasteiger partial charge >= 0.3 is 0 Å². The molecule has 2 heterocycles. The van der Waals surface area contributed by atoms with Crippen LogP contribution in [-0.2, 0) is 17.8 Å².